The molecule has 1 saturated carbocycles. The number of unbranched alkanes of at least 4 members (excludes halogenated alkanes) is 1. The maximum absolute atomic E-state index is 13.1. The van der Waals surface area contributed by atoms with E-state index >= 15 is 0 Å². The van der Waals surface area contributed by atoms with Gasteiger partial charge in [-0.05, 0) is 49.4 Å². The van der Waals surface area contributed by atoms with Crippen LogP contribution in [0.15, 0.2) is 0 Å². The molecule has 0 bridgehead atoms. The minimum Gasteiger partial charge on any atom is -0.480 e. The predicted molar refractivity (Wildman–Crippen MR) is 100 cm³/mol. The number of ether oxygens (including phenoxy) is 1. The molecular formula is C21H38O4. The van der Waals surface area contributed by atoms with Gasteiger partial charge in [-0.2, -0.15) is 0 Å². The Balaban J connectivity index is 3.10. The second-order valence-electron chi connectivity index (χ2n) is 8.45. The van der Waals surface area contributed by atoms with Gasteiger partial charge in [0.1, 0.15) is 6.10 Å². The van der Waals surface area contributed by atoms with Gasteiger partial charge in [-0.25, -0.2) is 0 Å². The first-order valence-corrected chi connectivity index (χ1v) is 10.2. The third-order valence-corrected chi connectivity index (χ3v) is 6.07. The van der Waals surface area contributed by atoms with Crippen LogP contribution in [-0.4, -0.2) is 23.1 Å². The van der Waals surface area contributed by atoms with Crippen molar-refractivity contribution in [1.82, 2.24) is 0 Å². The van der Waals surface area contributed by atoms with Crippen molar-refractivity contribution in [3.63, 3.8) is 0 Å². The number of aliphatic carboxylic acids is 1. The van der Waals surface area contributed by atoms with Gasteiger partial charge in [-0.1, -0.05) is 60.8 Å². The van der Waals surface area contributed by atoms with E-state index in [-0.39, 0.29) is 23.9 Å². The molecule has 0 aromatic rings. The minimum absolute atomic E-state index is 0.124. The van der Waals surface area contributed by atoms with Gasteiger partial charge in [0.2, 0.25) is 0 Å². The molecule has 1 fully saturated rings. The molecule has 4 unspecified atom stereocenters. The molecule has 4 heteroatoms. The molecule has 1 rings (SSSR count). The fraction of sp³-hybridized carbons (Fsp3) is 0.905. The number of carbonyl (C=O) groups excluding carboxylic acids is 1. The summed E-state index contributed by atoms with van der Waals surface area (Å²) in [6.45, 7) is 12.5. The fourth-order valence-corrected chi connectivity index (χ4v) is 4.50. The molecule has 0 aliphatic heterocycles. The van der Waals surface area contributed by atoms with Gasteiger partial charge in [0, 0.05) is 0 Å². The van der Waals surface area contributed by atoms with Crippen LogP contribution in [0.3, 0.4) is 0 Å². The number of carbonyl (C=O) groups is 2. The molecule has 0 aromatic carbocycles. The van der Waals surface area contributed by atoms with Crippen LogP contribution >= 0.6 is 0 Å². The molecular weight excluding hydrogens is 316 g/mol. The van der Waals surface area contributed by atoms with Crippen LogP contribution in [0.25, 0.3) is 0 Å². The predicted octanol–water partition coefficient (Wildman–Crippen LogP) is 5.30. The summed E-state index contributed by atoms with van der Waals surface area (Å²) in [5, 5.41) is 10.1. The Morgan fingerprint density at radius 1 is 1.16 bits per heavy atom. The van der Waals surface area contributed by atoms with E-state index in [1.807, 2.05) is 13.8 Å². The standard InChI is InChI=1S/C21H38O4/c1-7-9-11-18(15(5)6)25-20(24)21(19(22)23)13-12-16(14(3)4)17(21)10-8-2/h14-18H,7-13H2,1-6H3,(H,22,23). The number of esters is 1. The van der Waals surface area contributed by atoms with Crippen molar-refractivity contribution in [3.05, 3.63) is 0 Å². The summed E-state index contributed by atoms with van der Waals surface area (Å²) >= 11 is 0. The Labute approximate surface area is 153 Å². The second kappa shape index (κ2) is 9.59. The lowest BCUT2D eigenvalue weighted by Crippen LogP contribution is -2.47. The van der Waals surface area contributed by atoms with Gasteiger partial charge < -0.3 is 9.84 Å². The highest BCUT2D eigenvalue weighted by molar-refractivity contribution is 6.00. The summed E-state index contributed by atoms with van der Waals surface area (Å²) < 4.78 is 5.85. The Bertz CT molecular complexity index is 443. The first kappa shape index (κ1) is 22.0. The monoisotopic (exact) mass is 354 g/mol. The zero-order valence-electron chi connectivity index (χ0n) is 17.0. The zero-order chi connectivity index (χ0) is 19.2. The number of hydrogen-bond acceptors (Lipinski definition) is 3. The van der Waals surface area contributed by atoms with Crippen molar-refractivity contribution >= 4 is 11.9 Å². The molecule has 0 aromatic heterocycles. The van der Waals surface area contributed by atoms with Gasteiger partial charge >= 0.3 is 11.9 Å². The molecule has 1 N–H and O–H groups in total. The van der Waals surface area contributed by atoms with Crippen LogP contribution < -0.4 is 0 Å². The summed E-state index contributed by atoms with van der Waals surface area (Å²) in [5.41, 5.74) is -1.36. The summed E-state index contributed by atoms with van der Waals surface area (Å²) in [6.07, 6.45) is 5.51. The highest BCUT2D eigenvalue weighted by atomic mass is 16.5. The van der Waals surface area contributed by atoms with Crippen LogP contribution in [0, 0.1) is 29.1 Å². The normalized spacial score (nSPS) is 27.7. The molecule has 4 atom stereocenters. The Morgan fingerprint density at radius 2 is 1.80 bits per heavy atom. The van der Waals surface area contributed by atoms with Crippen LogP contribution in [0.2, 0.25) is 0 Å². The summed E-state index contributed by atoms with van der Waals surface area (Å²) in [6, 6.07) is 0. The maximum atomic E-state index is 13.1. The summed E-state index contributed by atoms with van der Waals surface area (Å²) in [4.78, 5) is 25.4. The van der Waals surface area contributed by atoms with Crippen LogP contribution in [0.4, 0.5) is 0 Å². The van der Waals surface area contributed by atoms with E-state index in [4.69, 9.17) is 4.74 Å². The molecule has 0 radical (unpaired) electrons. The SMILES string of the molecule is CCCCC(OC(=O)C1(C(=O)O)CCC(C(C)C)C1CCC)C(C)C. The lowest BCUT2D eigenvalue weighted by Gasteiger charge is -2.35. The van der Waals surface area contributed by atoms with Gasteiger partial charge in [0.25, 0.3) is 0 Å². The molecule has 0 heterocycles. The van der Waals surface area contributed by atoms with E-state index in [0.717, 1.165) is 38.5 Å². The molecule has 0 amide bonds. The molecule has 4 nitrogen and oxygen atoms in total. The van der Waals surface area contributed by atoms with Crippen molar-refractivity contribution < 1.29 is 19.4 Å². The Kier molecular flexibility index (Phi) is 8.43. The topological polar surface area (TPSA) is 63.6 Å². The van der Waals surface area contributed by atoms with Gasteiger partial charge in [0.05, 0.1) is 0 Å². The maximum Gasteiger partial charge on any atom is 0.324 e. The smallest absolute Gasteiger partial charge is 0.324 e. The van der Waals surface area contributed by atoms with E-state index in [1.54, 1.807) is 0 Å². The van der Waals surface area contributed by atoms with E-state index in [9.17, 15) is 14.7 Å². The quantitative estimate of drug-likeness (QED) is 0.427. The van der Waals surface area contributed by atoms with E-state index in [0.29, 0.717) is 12.3 Å². The minimum atomic E-state index is -1.36. The third kappa shape index (κ3) is 4.77. The van der Waals surface area contributed by atoms with Crippen molar-refractivity contribution in [1.29, 1.82) is 0 Å². The molecule has 1 aliphatic rings. The van der Waals surface area contributed by atoms with E-state index < -0.39 is 17.4 Å². The Morgan fingerprint density at radius 3 is 2.24 bits per heavy atom. The molecule has 0 spiro atoms. The molecule has 25 heavy (non-hydrogen) atoms. The van der Waals surface area contributed by atoms with Gasteiger partial charge in [-0.15, -0.1) is 0 Å². The van der Waals surface area contributed by atoms with Crippen LogP contribution in [0.1, 0.15) is 86.5 Å². The lowest BCUT2D eigenvalue weighted by atomic mass is 9.70. The first-order valence-electron chi connectivity index (χ1n) is 10.2. The highest BCUT2D eigenvalue weighted by Gasteiger charge is 2.60. The van der Waals surface area contributed by atoms with Gasteiger partial charge in [0.15, 0.2) is 5.41 Å². The van der Waals surface area contributed by atoms with Crippen molar-refractivity contribution in [3.8, 4) is 0 Å². The van der Waals surface area contributed by atoms with Gasteiger partial charge in [-0.3, -0.25) is 9.59 Å². The average molecular weight is 355 g/mol. The first-order chi connectivity index (χ1) is 11.7. The summed E-state index contributed by atoms with van der Waals surface area (Å²) in [5.74, 6) is -0.744. The average Bonchev–Trinajstić information content (AvgIpc) is 2.92. The summed E-state index contributed by atoms with van der Waals surface area (Å²) in [7, 11) is 0. The second-order valence-corrected chi connectivity index (χ2v) is 8.45. The number of carboxylic acids is 1. The molecule has 1 aliphatic carbocycles. The van der Waals surface area contributed by atoms with Crippen molar-refractivity contribution in [2.24, 2.45) is 29.1 Å². The Hall–Kier alpha value is -1.06. The fourth-order valence-electron chi connectivity index (χ4n) is 4.50. The van der Waals surface area contributed by atoms with Crippen molar-refractivity contribution in [2.75, 3.05) is 0 Å². The lowest BCUT2D eigenvalue weighted by molar-refractivity contribution is -0.178. The van der Waals surface area contributed by atoms with E-state index in [1.165, 1.54) is 0 Å². The number of carboxylic acid groups (broad SMARTS) is 1. The zero-order valence-corrected chi connectivity index (χ0v) is 17.0. The number of rotatable bonds is 10. The molecule has 146 valence electrons. The highest BCUT2D eigenvalue weighted by Crippen LogP contribution is 2.53. The van der Waals surface area contributed by atoms with Crippen LogP contribution in [-0.2, 0) is 14.3 Å². The van der Waals surface area contributed by atoms with Crippen molar-refractivity contribution in [2.45, 2.75) is 92.6 Å². The third-order valence-electron chi connectivity index (χ3n) is 6.07. The van der Waals surface area contributed by atoms with Crippen LogP contribution in [0.5, 0.6) is 0 Å². The molecule has 0 saturated heterocycles. The van der Waals surface area contributed by atoms with E-state index in [2.05, 4.69) is 27.7 Å². The number of hydrogen-bond donors (Lipinski definition) is 1. The largest absolute Gasteiger partial charge is 0.480 e.